The van der Waals surface area contributed by atoms with Crippen molar-refractivity contribution in [2.75, 3.05) is 18.9 Å². The summed E-state index contributed by atoms with van der Waals surface area (Å²) in [6.07, 6.45) is 5.04. The summed E-state index contributed by atoms with van der Waals surface area (Å²) in [5.74, 6) is -10.1. The van der Waals surface area contributed by atoms with Crippen LogP contribution in [0.1, 0.15) is 54.6 Å². The molecule has 3 amide bonds. The summed E-state index contributed by atoms with van der Waals surface area (Å²) in [7, 11) is 0. The molecule has 1 aliphatic rings. The lowest BCUT2D eigenvalue weighted by Gasteiger charge is -2.22. The van der Waals surface area contributed by atoms with Crippen molar-refractivity contribution >= 4 is 35.2 Å². The molecular weight excluding hydrogens is 582 g/mol. The monoisotopic (exact) mass is 611 g/mol. The van der Waals surface area contributed by atoms with E-state index in [1.807, 2.05) is 0 Å². The number of carbonyl (C=O) groups is 3. The average molecular weight is 612 g/mol. The van der Waals surface area contributed by atoms with Crippen LogP contribution >= 0.6 is 11.8 Å². The first-order valence-electron chi connectivity index (χ1n) is 13.1. The number of amides is 3. The predicted octanol–water partition coefficient (Wildman–Crippen LogP) is 4.54. The Bertz CT molecular complexity index is 1280. The van der Waals surface area contributed by atoms with Crippen molar-refractivity contribution in [1.29, 1.82) is 0 Å². The molecule has 42 heavy (non-hydrogen) atoms. The van der Waals surface area contributed by atoms with Crippen LogP contribution in [0.25, 0.3) is 10.4 Å². The smallest absolute Gasteiger partial charge is 0.257 e. The molecular formula is C26H29F4N7O4S. The Balaban J connectivity index is 1.54. The van der Waals surface area contributed by atoms with Gasteiger partial charge in [-0.2, -0.15) is 0 Å². The number of nitrogens with one attached hydrogen (secondary N) is 3. The van der Waals surface area contributed by atoms with Crippen LogP contribution in [0.3, 0.4) is 0 Å². The summed E-state index contributed by atoms with van der Waals surface area (Å²) in [6.45, 7) is 0.609. The molecule has 0 radical (unpaired) electrons. The Morgan fingerprint density at radius 3 is 2.50 bits per heavy atom. The van der Waals surface area contributed by atoms with Gasteiger partial charge >= 0.3 is 0 Å². The Hall–Kier alpha value is -3.88. The second-order valence-electron chi connectivity index (χ2n) is 9.19. The van der Waals surface area contributed by atoms with Crippen molar-refractivity contribution in [3.63, 3.8) is 0 Å². The van der Waals surface area contributed by atoms with Crippen LogP contribution < -0.4 is 16.0 Å². The summed E-state index contributed by atoms with van der Waals surface area (Å²) in [6, 6.07) is 4.30. The van der Waals surface area contributed by atoms with E-state index in [0.29, 0.717) is 12.3 Å². The van der Waals surface area contributed by atoms with Crippen molar-refractivity contribution in [2.45, 2.75) is 56.5 Å². The molecule has 1 aromatic heterocycles. The van der Waals surface area contributed by atoms with Crippen molar-refractivity contribution in [2.24, 2.45) is 5.11 Å². The summed E-state index contributed by atoms with van der Waals surface area (Å²) in [5.41, 5.74) is 5.83. The Labute approximate surface area is 242 Å². The molecule has 16 heteroatoms. The minimum atomic E-state index is -2.00. The number of pyridine rings is 1. The number of unbranched alkanes of at least 4 members (excludes halogenated alkanes) is 1. The summed E-state index contributed by atoms with van der Waals surface area (Å²) in [4.78, 5) is 44.0. The van der Waals surface area contributed by atoms with Gasteiger partial charge in [0.1, 0.15) is 22.7 Å². The standard InChI is InChI=1S/C26H29F4N7O4S/c27-20-19(21(28)23(30)24(22(20)29)36-37-31)26(40)33-11-5-2-8-16(25(39)34-13-15-7-1-4-10-32-15)35-17(38)14-42-18-9-3-6-12-41-18/h1,4,7,10,16,18H,2-3,5-6,8-9,11-14H2,(H,33,40)(H,34,39)(H,35,38). The van der Waals surface area contributed by atoms with Gasteiger partial charge in [-0.1, -0.05) is 11.2 Å². The number of hydrogen-bond acceptors (Lipinski definition) is 7. The van der Waals surface area contributed by atoms with Crippen molar-refractivity contribution in [3.8, 4) is 0 Å². The third-order valence-corrected chi connectivity index (χ3v) is 7.35. The number of benzene rings is 1. The molecule has 0 spiro atoms. The molecule has 11 nitrogen and oxygen atoms in total. The van der Waals surface area contributed by atoms with E-state index in [9.17, 15) is 31.9 Å². The molecule has 3 N–H and O–H groups in total. The van der Waals surface area contributed by atoms with E-state index < -0.39 is 52.4 Å². The normalized spacial score (nSPS) is 15.3. The van der Waals surface area contributed by atoms with Gasteiger partial charge in [0.15, 0.2) is 23.3 Å². The maximum atomic E-state index is 14.2. The highest BCUT2D eigenvalue weighted by molar-refractivity contribution is 8.00. The fourth-order valence-corrected chi connectivity index (χ4v) is 4.98. The van der Waals surface area contributed by atoms with Gasteiger partial charge < -0.3 is 20.7 Å². The van der Waals surface area contributed by atoms with Crippen LogP contribution in [-0.4, -0.2) is 53.1 Å². The first-order chi connectivity index (χ1) is 20.2. The second-order valence-corrected chi connectivity index (χ2v) is 10.3. The Morgan fingerprint density at radius 1 is 1.10 bits per heavy atom. The lowest BCUT2D eigenvalue weighted by atomic mass is 10.1. The zero-order chi connectivity index (χ0) is 30.5. The lowest BCUT2D eigenvalue weighted by Crippen LogP contribution is -2.47. The molecule has 1 aliphatic heterocycles. The van der Waals surface area contributed by atoms with Gasteiger partial charge in [0, 0.05) is 24.3 Å². The highest BCUT2D eigenvalue weighted by Crippen LogP contribution is 2.30. The molecule has 3 rings (SSSR count). The highest BCUT2D eigenvalue weighted by Gasteiger charge is 2.29. The van der Waals surface area contributed by atoms with Gasteiger partial charge in [0.2, 0.25) is 11.8 Å². The molecule has 2 aromatic rings. The molecule has 1 aromatic carbocycles. The molecule has 0 saturated carbocycles. The Kier molecular flexibility index (Phi) is 12.8. The number of thioether (sulfide) groups is 1. The lowest BCUT2D eigenvalue weighted by molar-refractivity contribution is -0.128. The molecule has 2 heterocycles. The fraction of sp³-hybridized carbons (Fsp3) is 0.462. The number of nitrogens with zero attached hydrogens (tertiary/aromatic N) is 4. The Morgan fingerprint density at radius 2 is 1.86 bits per heavy atom. The average Bonchev–Trinajstić information content (AvgIpc) is 3.00. The van der Waals surface area contributed by atoms with Crippen LogP contribution in [0.5, 0.6) is 0 Å². The summed E-state index contributed by atoms with van der Waals surface area (Å²) in [5, 5.41) is 10.2. The fourth-order valence-electron chi connectivity index (χ4n) is 4.04. The minimum absolute atomic E-state index is 0.0866. The minimum Gasteiger partial charge on any atom is -0.368 e. The summed E-state index contributed by atoms with van der Waals surface area (Å²) >= 11 is 1.35. The van der Waals surface area contributed by atoms with E-state index in [1.165, 1.54) is 11.8 Å². The number of rotatable bonds is 14. The molecule has 1 saturated heterocycles. The largest absolute Gasteiger partial charge is 0.368 e. The van der Waals surface area contributed by atoms with E-state index in [-0.39, 0.29) is 49.4 Å². The zero-order valence-electron chi connectivity index (χ0n) is 22.4. The topological polar surface area (TPSA) is 158 Å². The number of halogens is 4. The molecule has 0 bridgehead atoms. The van der Waals surface area contributed by atoms with E-state index in [0.717, 1.165) is 19.3 Å². The van der Waals surface area contributed by atoms with E-state index in [1.54, 1.807) is 24.4 Å². The molecule has 2 unspecified atom stereocenters. The van der Waals surface area contributed by atoms with E-state index in [2.05, 4.69) is 31.0 Å². The first kappa shape index (κ1) is 32.6. The van der Waals surface area contributed by atoms with Crippen LogP contribution in [0.2, 0.25) is 0 Å². The van der Waals surface area contributed by atoms with E-state index >= 15 is 0 Å². The highest BCUT2D eigenvalue weighted by atomic mass is 32.2. The number of azide groups is 1. The van der Waals surface area contributed by atoms with Gasteiger partial charge in [0.25, 0.3) is 5.91 Å². The third-order valence-electron chi connectivity index (χ3n) is 6.18. The molecule has 1 fully saturated rings. The number of hydrogen-bond donors (Lipinski definition) is 3. The SMILES string of the molecule is [N-]=[N+]=Nc1c(F)c(F)c(C(=O)NCCCCC(NC(=O)CSC2CCCCO2)C(=O)NCc2ccccn2)c(F)c1F. The van der Waals surface area contributed by atoms with Crippen LogP contribution in [-0.2, 0) is 20.9 Å². The van der Waals surface area contributed by atoms with Gasteiger partial charge in [-0.25, -0.2) is 17.6 Å². The van der Waals surface area contributed by atoms with Gasteiger partial charge in [0.05, 0.1) is 18.0 Å². The van der Waals surface area contributed by atoms with Crippen LogP contribution in [0, 0.1) is 23.3 Å². The third kappa shape index (κ3) is 9.33. The number of carbonyl (C=O) groups excluding carboxylic acids is 3. The maximum Gasteiger partial charge on any atom is 0.257 e. The van der Waals surface area contributed by atoms with Crippen LogP contribution in [0.4, 0.5) is 23.2 Å². The van der Waals surface area contributed by atoms with Crippen molar-refractivity contribution < 1.29 is 36.7 Å². The van der Waals surface area contributed by atoms with Crippen molar-refractivity contribution in [1.82, 2.24) is 20.9 Å². The summed E-state index contributed by atoms with van der Waals surface area (Å²) < 4.78 is 62.0. The van der Waals surface area contributed by atoms with E-state index in [4.69, 9.17) is 10.3 Å². The zero-order valence-corrected chi connectivity index (χ0v) is 23.2. The quantitative estimate of drug-likeness (QED) is 0.0711. The van der Waals surface area contributed by atoms with Gasteiger partial charge in [-0.05, 0) is 56.2 Å². The van der Waals surface area contributed by atoms with Gasteiger partial charge in [-0.3, -0.25) is 19.4 Å². The second kappa shape index (κ2) is 16.5. The first-order valence-corrected chi connectivity index (χ1v) is 14.2. The van der Waals surface area contributed by atoms with Gasteiger partial charge in [-0.15, -0.1) is 11.8 Å². The maximum absolute atomic E-state index is 14.2. The van der Waals surface area contributed by atoms with Crippen molar-refractivity contribution in [3.05, 3.63) is 69.4 Å². The van der Waals surface area contributed by atoms with Crippen LogP contribution in [0.15, 0.2) is 29.5 Å². The number of ether oxygens (including phenoxy) is 1. The molecule has 0 aliphatic carbocycles. The molecule has 226 valence electrons. The molecule has 2 atom stereocenters. The predicted molar refractivity (Wildman–Crippen MR) is 145 cm³/mol. The number of aromatic nitrogens is 1.